The molecule has 4 rings (SSSR count). The van der Waals surface area contributed by atoms with Gasteiger partial charge in [-0.2, -0.15) is 0 Å². The lowest BCUT2D eigenvalue weighted by molar-refractivity contribution is -0.115. The number of aromatic nitrogens is 1. The lowest BCUT2D eigenvalue weighted by atomic mass is 10.0. The monoisotopic (exact) mass is 504 g/mol. The first-order valence-electron chi connectivity index (χ1n) is 11.6. The molecule has 0 saturated carbocycles. The molecule has 0 spiro atoms. The Kier molecular flexibility index (Phi) is 7.78. The van der Waals surface area contributed by atoms with Crippen molar-refractivity contribution in [2.24, 2.45) is 0 Å². The number of nitrogens with zero attached hydrogens (tertiary/aromatic N) is 1. The second kappa shape index (κ2) is 11.0. The summed E-state index contributed by atoms with van der Waals surface area (Å²) in [4.78, 5) is 18.6. The van der Waals surface area contributed by atoms with Crippen molar-refractivity contribution in [3.63, 3.8) is 0 Å². The summed E-state index contributed by atoms with van der Waals surface area (Å²) in [7, 11) is -3.52. The van der Waals surface area contributed by atoms with Crippen LogP contribution in [-0.4, -0.2) is 25.1 Å². The first kappa shape index (κ1) is 24.8. The Labute approximate surface area is 210 Å². The number of benzene rings is 3. The zero-order chi connectivity index (χ0) is 24.8. The summed E-state index contributed by atoms with van der Waals surface area (Å²) in [6, 6.07) is 25.1. The molecule has 3 aromatic carbocycles. The van der Waals surface area contributed by atoms with Crippen molar-refractivity contribution in [2.45, 2.75) is 38.0 Å². The fourth-order valence-electron chi connectivity index (χ4n) is 3.75. The topological polar surface area (TPSA) is 76.1 Å². The third kappa shape index (κ3) is 6.24. The molecular formula is C28H28N2O3S2. The van der Waals surface area contributed by atoms with Crippen molar-refractivity contribution >= 4 is 32.2 Å². The van der Waals surface area contributed by atoms with E-state index in [4.69, 9.17) is 4.98 Å². The van der Waals surface area contributed by atoms with Crippen molar-refractivity contribution in [1.82, 2.24) is 4.98 Å². The van der Waals surface area contributed by atoms with Gasteiger partial charge in [-0.25, -0.2) is 13.4 Å². The minimum absolute atomic E-state index is 0.125. The second-order valence-electron chi connectivity index (χ2n) is 8.41. The summed E-state index contributed by atoms with van der Waals surface area (Å²) in [6.07, 6.45) is 1.69. The molecule has 0 bridgehead atoms. The Morgan fingerprint density at radius 1 is 0.886 bits per heavy atom. The molecule has 0 fully saturated rings. The average Bonchev–Trinajstić information content (AvgIpc) is 3.26. The van der Waals surface area contributed by atoms with Crippen LogP contribution in [-0.2, 0) is 21.1 Å². The molecule has 0 atom stereocenters. The Morgan fingerprint density at radius 2 is 1.51 bits per heavy atom. The summed E-state index contributed by atoms with van der Waals surface area (Å²) in [5.74, 6) is -0.605. The molecule has 1 N–H and O–H groups in total. The number of aryl methyl sites for hydroxylation is 2. The zero-order valence-electron chi connectivity index (χ0n) is 19.8. The highest BCUT2D eigenvalue weighted by atomic mass is 32.2. The summed E-state index contributed by atoms with van der Waals surface area (Å²) in [5.41, 5.74) is 5.12. The van der Waals surface area contributed by atoms with Crippen LogP contribution in [0, 0.1) is 6.92 Å². The van der Waals surface area contributed by atoms with Gasteiger partial charge in [0.15, 0.2) is 15.0 Å². The molecule has 1 aromatic heterocycles. The van der Waals surface area contributed by atoms with Crippen LogP contribution < -0.4 is 5.32 Å². The molecule has 0 aliphatic rings. The molecule has 0 radical (unpaired) electrons. The van der Waals surface area contributed by atoms with Gasteiger partial charge in [0.05, 0.1) is 16.3 Å². The largest absolute Gasteiger partial charge is 0.302 e. The van der Waals surface area contributed by atoms with Crippen molar-refractivity contribution < 1.29 is 13.2 Å². The maximum absolute atomic E-state index is 12.6. The predicted molar refractivity (Wildman–Crippen MR) is 143 cm³/mol. The summed E-state index contributed by atoms with van der Waals surface area (Å²) in [6.45, 7) is 4.01. The lowest BCUT2D eigenvalue weighted by Crippen LogP contribution is -2.17. The van der Waals surface area contributed by atoms with E-state index in [0.717, 1.165) is 45.7 Å². The molecule has 35 heavy (non-hydrogen) atoms. The standard InChI is InChI=1S/C28H28N2O3S2/c1-3-7-25-27(23-14-12-22(13-15-23)21-8-5-4-6-9-21)30-28(34-25)29-26(31)18-19-35(32,33)24-16-10-20(2)11-17-24/h4-6,8-17H,3,7,18-19H2,1-2H3,(H,29,30,31). The van der Waals surface area contributed by atoms with E-state index in [1.165, 1.54) is 11.3 Å². The Balaban J connectivity index is 1.46. The molecule has 4 aromatic rings. The molecule has 0 aliphatic heterocycles. The number of carbonyl (C=O) groups is 1. The van der Waals surface area contributed by atoms with E-state index < -0.39 is 9.84 Å². The summed E-state index contributed by atoms with van der Waals surface area (Å²) < 4.78 is 25.1. The number of thiazole rings is 1. The average molecular weight is 505 g/mol. The van der Waals surface area contributed by atoms with E-state index in [1.54, 1.807) is 24.3 Å². The fraction of sp³-hybridized carbons (Fsp3) is 0.214. The van der Waals surface area contributed by atoms with Gasteiger partial charge in [0, 0.05) is 16.9 Å². The number of nitrogens with one attached hydrogen (secondary N) is 1. The predicted octanol–water partition coefficient (Wildman–Crippen LogP) is 6.54. The SMILES string of the molecule is CCCc1sc(NC(=O)CCS(=O)(=O)c2ccc(C)cc2)nc1-c1ccc(-c2ccccc2)cc1. The molecule has 1 amide bonds. The molecular weight excluding hydrogens is 476 g/mol. The van der Waals surface area contributed by atoms with Crippen molar-refractivity contribution in [1.29, 1.82) is 0 Å². The highest BCUT2D eigenvalue weighted by Gasteiger charge is 2.18. The van der Waals surface area contributed by atoms with E-state index in [9.17, 15) is 13.2 Å². The Bertz CT molecular complexity index is 1390. The normalized spacial score (nSPS) is 11.4. The number of anilines is 1. The van der Waals surface area contributed by atoms with Gasteiger partial charge in [-0.15, -0.1) is 11.3 Å². The van der Waals surface area contributed by atoms with Gasteiger partial charge in [-0.05, 0) is 36.6 Å². The van der Waals surface area contributed by atoms with Crippen LogP contribution in [0.15, 0.2) is 83.8 Å². The van der Waals surface area contributed by atoms with Crippen LogP contribution >= 0.6 is 11.3 Å². The fourth-order valence-corrected chi connectivity index (χ4v) is 6.09. The van der Waals surface area contributed by atoms with Crippen LogP contribution in [0.1, 0.15) is 30.2 Å². The highest BCUT2D eigenvalue weighted by molar-refractivity contribution is 7.91. The molecule has 180 valence electrons. The van der Waals surface area contributed by atoms with Crippen molar-refractivity contribution in [3.8, 4) is 22.4 Å². The van der Waals surface area contributed by atoms with Gasteiger partial charge in [0.1, 0.15) is 0 Å². The Hall–Kier alpha value is -3.29. The first-order valence-corrected chi connectivity index (χ1v) is 14.1. The van der Waals surface area contributed by atoms with Crippen LogP contribution in [0.25, 0.3) is 22.4 Å². The van der Waals surface area contributed by atoms with Crippen LogP contribution in [0.2, 0.25) is 0 Å². The maximum atomic E-state index is 12.6. The Morgan fingerprint density at radius 3 is 2.17 bits per heavy atom. The first-order chi connectivity index (χ1) is 16.9. The molecule has 5 nitrogen and oxygen atoms in total. The number of carbonyl (C=O) groups excluding carboxylic acids is 1. The molecule has 0 saturated heterocycles. The molecule has 0 unspecified atom stereocenters. The minimum Gasteiger partial charge on any atom is -0.302 e. The van der Waals surface area contributed by atoms with Crippen LogP contribution in [0.5, 0.6) is 0 Å². The number of amides is 1. The van der Waals surface area contributed by atoms with Gasteiger partial charge in [0.2, 0.25) is 5.91 Å². The van der Waals surface area contributed by atoms with Crippen LogP contribution in [0.4, 0.5) is 5.13 Å². The second-order valence-corrected chi connectivity index (χ2v) is 11.6. The molecule has 1 heterocycles. The van der Waals surface area contributed by atoms with Crippen molar-refractivity contribution in [3.05, 3.63) is 89.3 Å². The van der Waals surface area contributed by atoms with Gasteiger partial charge in [-0.1, -0.05) is 85.6 Å². The summed E-state index contributed by atoms with van der Waals surface area (Å²) in [5, 5.41) is 3.30. The highest BCUT2D eigenvalue weighted by Crippen LogP contribution is 2.33. The van der Waals surface area contributed by atoms with Gasteiger partial charge in [0.25, 0.3) is 0 Å². The quantitative estimate of drug-likeness (QED) is 0.281. The van der Waals surface area contributed by atoms with E-state index >= 15 is 0 Å². The smallest absolute Gasteiger partial charge is 0.227 e. The maximum Gasteiger partial charge on any atom is 0.227 e. The van der Waals surface area contributed by atoms with Crippen molar-refractivity contribution in [2.75, 3.05) is 11.1 Å². The third-order valence-corrected chi connectivity index (χ3v) is 8.43. The number of hydrogen-bond acceptors (Lipinski definition) is 5. The lowest BCUT2D eigenvalue weighted by Gasteiger charge is -2.05. The van der Waals surface area contributed by atoms with E-state index in [2.05, 4.69) is 48.6 Å². The van der Waals surface area contributed by atoms with Crippen LogP contribution in [0.3, 0.4) is 0 Å². The molecule has 7 heteroatoms. The van der Waals surface area contributed by atoms with Gasteiger partial charge >= 0.3 is 0 Å². The van der Waals surface area contributed by atoms with Gasteiger partial charge in [-0.3, -0.25) is 4.79 Å². The number of sulfone groups is 1. The van der Waals surface area contributed by atoms with E-state index in [0.29, 0.717) is 5.13 Å². The number of hydrogen-bond donors (Lipinski definition) is 1. The minimum atomic E-state index is -3.52. The van der Waals surface area contributed by atoms with E-state index in [-0.39, 0.29) is 23.0 Å². The van der Waals surface area contributed by atoms with Gasteiger partial charge < -0.3 is 5.32 Å². The zero-order valence-corrected chi connectivity index (χ0v) is 21.5. The van der Waals surface area contributed by atoms with E-state index in [1.807, 2.05) is 25.1 Å². The summed E-state index contributed by atoms with van der Waals surface area (Å²) >= 11 is 1.45. The molecule has 0 aliphatic carbocycles. The number of rotatable bonds is 9. The third-order valence-electron chi connectivity index (χ3n) is 5.66.